The van der Waals surface area contributed by atoms with Gasteiger partial charge in [-0.15, -0.1) is 0 Å². The van der Waals surface area contributed by atoms with Crippen molar-refractivity contribution < 1.29 is 13.3 Å². The lowest BCUT2D eigenvalue weighted by atomic mass is 10.2. The van der Waals surface area contributed by atoms with Gasteiger partial charge in [-0.2, -0.15) is 4.98 Å². The van der Waals surface area contributed by atoms with Crippen LogP contribution in [0.2, 0.25) is 0 Å². The number of benzene rings is 1. The van der Waals surface area contributed by atoms with Gasteiger partial charge in [0.05, 0.1) is 5.56 Å². The number of hydrogen-bond acceptors (Lipinski definition) is 4. The molecule has 4 nitrogen and oxygen atoms in total. The van der Waals surface area contributed by atoms with E-state index in [2.05, 4.69) is 15.1 Å². The molecule has 2 aromatic heterocycles. The van der Waals surface area contributed by atoms with Gasteiger partial charge in [-0.25, -0.2) is 8.78 Å². The molecule has 0 radical (unpaired) electrons. The first-order valence-corrected chi connectivity index (χ1v) is 5.44. The van der Waals surface area contributed by atoms with Crippen molar-refractivity contribution >= 4 is 0 Å². The van der Waals surface area contributed by atoms with Gasteiger partial charge in [-0.1, -0.05) is 11.2 Å². The molecule has 19 heavy (non-hydrogen) atoms. The number of pyridine rings is 1. The zero-order valence-corrected chi connectivity index (χ0v) is 9.55. The van der Waals surface area contributed by atoms with Gasteiger partial charge in [0.1, 0.15) is 11.6 Å². The Bertz CT molecular complexity index is 693. The Labute approximate surface area is 106 Å². The minimum absolute atomic E-state index is 0.123. The van der Waals surface area contributed by atoms with E-state index in [-0.39, 0.29) is 17.3 Å². The Kier molecular flexibility index (Phi) is 2.75. The molecule has 0 atom stereocenters. The van der Waals surface area contributed by atoms with Crippen LogP contribution in [0.4, 0.5) is 8.78 Å². The summed E-state index contributed by atoms with van der Waals surface area (Å²) in [4.78, 5) is 7.84. The standard InChI is InChI=1S/C13H7F2N3O/c14-9-2-1-3-10(15)11(9)12-17-13(19-18-12)8-4-6-16-7-5-8/h1-7H. The average Bonchev–Trinajstić information content (AvgIpc) is 2.89. The highest BCUT2D eigenvalue weighted by molar-refractivity contribution is 5.60. The number of hydrogen-bond donors (Lipinski definition) is 0. The minimum atomic E-state index is -0.734. The van der Waals surface area contributed by atoms with Gasteiger partial charge in [0.25, 0.3) is 5.89 Å². The zero-order chi connectivity index (χ0) is 13.2. The largest absolute Gasteiger partial charge is 0.334 e. The molecule has 1 aromatic carbocycles. The van der Waals surface area contributed by atoms with Crippen LogP contribution in [0.1, 0.15) is 0 Å². The van der Waals surface area contributed by atoms with E-state index in [1.807, 2.05) is 0 Å². The Morgan fingerprint density at radius 3 is 2.32 bits per heavy atom. The molecule has 0 saturated heterocycles. The molecule has 3 aromatic rings. The van der Waals surface area contributed by atoms with Crippen LogP contribution in [-0.2, 0) is 0 Å². The molecule has 0 unspecified atom stereocenters. The molecular formula is C13H7F2N3O. The fraction of sp³-hybridized carbons (Fsp3) is 0. The lowest BCUT2D eigenvalue weighted by molar-refractivity contribution is 0.431. The highest BCUT2D eigenvalue weighted by atomic mass is 19.1. The van der Waals surface area contributed by atoms with Gasteiger partial charge in [0.15, 0.2) is 0 Å². The maximum absolute atomic E-state index is 13.6. The third-order valence-electron chi connectivity index (χ3n) is 2.54. The van der Waals surface area contributed by atoms with Crippen LogP contribution < -0.4 is 0 Å². The van der Waals surface area contributed by atoms with E-state index >= 15 is 0 Å². The van der Waals surface area contributed by atoms with Gasteiger partial charge in [0.2, 0.25) is 5.82 Å². The van der Waals surface area contributed by atoms with Gasteiger partial charge in [0, 0.05) is 18.0 Å². The van der Waals surface area contributed by atoms with Crippen molar-refractivity contribution in [3.63, 3.8) is 0 Å². The van der Waals surface area contributed by atoms with Crippen molar-refractivity contribution in [2.24, 2.45) is 0 Å². The predicted octanol–water partition coefficient (Wildman–Crippen LogP) is 3.08. The van der Waals surface area contributed by atoms with E-state index < -0.39 is 11.6 Å². The molecule has 2 heterocycles. The molecule has 0 amide bonds. The molecule has 0 fully saturated rings. The van der Waals surface area contributed by atoms with E-state index in [9.17, 15) is 8.78 Å². The summed E-state index contributed by atoms with van der Waals surface area (Å²) in [5.74, 6) is -1.41. The summed E-state index contributed by atoms with van der Waals surface area (Å²) in [5, 5.41) is 3.60. The molecule has 94 valence electrons. The fourth-order valence-corrected chi connectivity index (χ4v) is 1.65. The number of aromatic nitrogens is 3. The highest BCUT2D eigenvalue weighted by Crippen LogP contribution is 2.25. The summed E-state index contributed by atoms with van der Waals surface area (Å²) in [6, 6.07) is 6.88. The molecule has 0 N–H and O–H groups in total. The van der Waals surface area contributed by atoms with Crippen molar-refractivity contribution in [2.45, 2.75) is 0 Å². The van der Waals surface area contributed by atoms with Crippen molar-refractivity contribution in [1.29, 1.82) is 0 Å². The van der Waals surface area contributed by atoms with Crippen LogP contribution in [0.15, 0.2) is 47.2 Å². The second kappa shape index (κ2) is 4.56. The minimum Gasteiger partial charge on any atom is -0.334 e. The third kappa shape index (κ3) is 2.08. The summed E-state index contributed by atoms with van der Waals surface area (Å²) in [6.45, 7) is 0. The third-order valence-corrected chi connectivity index (χ3v) is 2.54. The number of rotatable bonds is 2. The van der Waals surface area contributed by atoms with Crippen molar-refractivity contribution in [1.82, 2.24) is 15.1 Å². The monoisotopic (exact) mass is 259 g/mol. The van der Waals surface area contributed by atoms with E-state index in [0.29, 0.717) is 5.56 Å². The lowest BCUT2D eigenvalue weighted by Crippen LogP contribution is -1.91. The molecule has 3 rings (SSSR count). The Morgan fingerprint density at radius 2 is 1.63 bits per heavy atom. The first-order chi connectivity index (χ1) is 9.25. The Hall–Kier alpha value is -2.63. The van der Waals surface area contributed by atoms with Crippen LogP contribution in [0, 0.1) is 11.6 Å². The van der Waals surface area contributed by atoms with Crippen LogP contribution in [0.25, 0.3) is 22.8 Å². The van der Waals surface area contributed by atoms with Crippen LogP contribution in [-0.4, -0.2) is 15.1 Å². The zero-order valence-electron chi connectivity index (χ0n) is 9.55. The molecule has 0 saturated carbocycles. The normalized spacial score (nSPS) is 10.6. The Balaban J connectivity index is 2.07. The van der Waals surface area contributed by atoms with E-state index in [0.717, 1.165) is 12.1 Å². The second-order valence-corrected chi connectivity index (χ2v) is 3.76. The van der Waals surface area contributed by atoms with Crippen molar-refractivity contribution in [2.75, 3.05) is 0 Å². The topological polar surface area (TPSA) is 51.8 Å². The highest BCUT2D eigenvalue weighted by Gasteiger charge is 2.17. The molecule has 0 aliphatic heterocycles. The molecule has 0 aliphatic rings. The van der Waals surface area contributed by atoms with Crippen molar-refractivity contribution in [3.05, 3.63) is 54.4 Å². The van der Waals surface area contributed by atoms with Gasteiger partial charge in [-0.3, -0.25) is 4.98 Å². The summed E-state index contributed by atoms with van der Waals surface area (Å²) in [5.41, 5.74) is 0.331. The maximum Gasteiger partial charge on any atom is 0.258 e. The van der Waals surface area contributed by atoms with Gasteiger partial charge < -0.3 is 4.52 Å². The van der Waals surface area contributed by atoms with E-state index in [1.54, 1.807) is 24.5 Å². The number of halogens is 2. The second-order valence-electron chi connectivity index (χ2n) is 3.76. The predicted molar refractivity (Wildman–Crippen MR) is 62.9 cm³/mol. The molecule has 6 heteroatoms. The molecule has 0 spiro atoms. The lowest BCUT2D eigenvalue weighted by Gasteiger charge is -1.98. The Morgan fingerprint density at radius 1 is 0.947 bits per heavy atom. The quantitative estimate of drug-likeness (QED) is 0.709. The SMILES string of the molecule is Fc1cccc(F)c1-c1noc(-c2ccncc2)n1. The summed E-state index contributed by atoms with van der Waals surface area (Å²) < 4.78 is 32.1. The average molecular weight is 259 g/mol. The van der Waals surface area contributed by atoms with Gasteiger partial charge >= 0.3 is 0 Å². The van der Waals surface area contributed by atoms with Crippen LogP contribution >= 0.6 is 0 Å². The van der Waals surface area contributed by atoms with E-state index in [4.69, 9.17) is 4.52 Å². The van der Waals surface area contributed by atoms with E-state index in [1.165, 1.54) is 6.07 Å². The van der Waals surface area contributed by atoms with Gasteiger partial charge in [-0.05, 0) is 24.3 Å². The first kappa shape index (κ1) is 11.5. The molecular weight excluding hydrogens is 252 g/mol. The summed E-state index contributed by atoms with van der Waals surface area (Å²) >= 11 is 0. The fourth-order valence-electron chi connectivity index (χ4n) is 1.65. The smallest absolute Gasteiger partial charge is 0.258 e. The number of nitrogens with zero attached hydrogens (tertiary/aromatic N) is 3. The van der Waals surface area contributed by atoms with Crippen LogP contribution in [0.3, 0.4) is 0 Å². The van der Waals surface area contributed by atoms with Crippen molar-refractivity contribution in [3.8, 4) is 22.8 Å². The first-order valence-electron chi connectivity index (χ1n) is 5.44. The maximum atomic E-state index is 13.6. The molecule has 0 bridgehead atoms. The summed E-state index contributed by atoms with van der Waals surface area (Å²) in [6.07, 6.45) is 3.12. The van der Waals surface area contributed by atoms with Crippen LogP contribution in [0.5, 0.6) is 0 Å². The molecule has 0 aliphatic carbocycles. The summed E-state index contributed by atoms with van der Waals surface area (Å²) in [7, 11) is 0.